The fraction of sp³-hybridized carbons (Fsp3) is 0.348. The second kappa shape index (κ2) is 10.0. The molecular weight excluding hydrogens is 414 g/mol. The number of methoxy groups -OCH3 is 3. The molecule has 0 fully saturated rings. The van der Waals surface area contributed by atoms with Gasteiger partial charge in [-0.25, -0.2) is 4.98 Å². The first kappa shape index (κ1) is 22.9. The highest BCUT2D eigenvalue weighted by atomic mass is 16.5. The summed E-state index contributed by atoms with van der Waals surface area (Å²) in [7, 11) is 4.30. The lowest BCUT2D eigenvalue weighted by Gasteiger charge is -2.22. The molecule has 0 amide bonds. The van der Waals surface area contributed by atoms with Crippen molar-refractivity contribution in [2.75, 3.05) is 21.3 Å². The summed E-state index contributed by atoms with van der Waals surface area (Å²) in [6, 6.07) is 6.63. The third-order valence-corrected chi connectivity index (χ3v) is 5.45. The number of pyridine rings is 1. The summed E-state index contributed by atoms with van der Waals surface area (Å²) in [5.74, 6) is -0.489. The number of benzene rings is 1. The lowest BCUT2D eigenvalue weighted by molar-refractivity contribution is -0.140. The minimum atomic E-state index is -0.783. The number of ether oxygens (including phenoxy) is 3. The number of rotatable bonds is 9. The van der Waals surface area contributed by atoms with E-state index in [4.69, 9.17) is 14.2 Å². The first-order chi connectivity index (χ1) is 15.4. The van der Waals surface area contributed by atoms with Crippen molar-refractivity contribution in [2.24, 2.45) is 0 Å². The largest absolute Gasteiger partial charge is 0.507 e. The van der Waals surface area contributed by atoms with Gasteiger partial charge in [0.25, 0.3) is 5.56 Å². The number of nitrogens with zero attached hydrogens (tertiary/aromatic N) is 2. The third kappa shape index (κ3) is 4.77. The van der Waals surface area contributed by atoms with E-state index in [2.05, 4.69) is 9.97 Å². The van der Waals surface area contributed by atoms with E-state index in [0.717, 1.165) is 5.69 Å². The van der Waals surface area contributed by atoms with E-state index in [1.54, 1.807) is 42.2 Å². The smallest absolute Gasteiger partial charge is 0.306 e. The minimum Gasteiger partial charge on any atom is -0.507 e. The zero-order valence-electron chi connectivity index (χ0n) is 18.5. The van der Waals surface area contributed by atoms with Crippen LogP contribution < -0.4 is 15.0 Å². The Morgan fingerprint density at radius 3 is 2.62 bits per heavy atom. The number of aromatic amines is 1. The van der Waals surface area contributed by atoms with E-state index in [9.17, 15) is 14.7 Å². The van der Waals surface area contributed by atoms with Crippen molar-refractivity contribution in [3.8, 4) is 17.2 Å². The Labute approximate surface area is 185 Å². The molecule has 2 N–H and O–H groups in total. The predicted molar refractivity (Wildman–Crippen MR) is 117 cm³/mol. The van der Waals surface area contributed by atoms with Gasteiger partial charge in [0.2, 0.25) is 0 Å². The number of esters is 1. The first-order valence-electron chi connectivity index (χ1n) is 10.1. The lowest BCUT2D eigenvalue weighted by atomic mass is 9.87. The second-order valence-electron chi connectivity index (χ2n) is 7.31. The third-order valence-electron chi connectivity index (χ3n) is 5.45. The molecule has 1 atom stereocenters. The standard InChI is InChI=1S/C23H27N3O6/c1-14-9-19(27)22(23(29)26(14)8-7-15-12-24-13-25-15)18(11-21(28)32-4)17-6-5-16(30-2)10-20(17)31-3/h5-6,9-10,12-13,18,27H,7-8,11H2,1-4H3,(H,24,25). The molecule has 9 nitrogen and oxygen atoms in total. The van der Waals surface area contributed by atoms with Crippen molar-refractivity contribution in [1.29, 1.82) is 0 Å². The summed E-state index contributed by atoms with van der Waals surface area (Å²) in [6.07, 6.45) is 3.68. The van der Waals surface area contributed by atoms with Gasteiger partial charge < -0.3 is 28.9 Å². The van der Waals surface area contributed by atoms with Crippen LogP contribution >= 0.6 is 0 Å². The van der Waals surface area contributed by atoms with E-state index in [1.807, 2.05) is 0 Å². The Morgan fingerprint density at radius 2 is 2.00 bits per heavy atom. The molecule has 1 aromatic carbocycles. The number of hydrogen-bond donors (Lipinski definition) is 2. The Balaban J connectivity index is 2.13. The van der Waals surface area contributed by atoms with Gasteiger partial charge in [0.15, 0.2) is 0 Å². The van der Waals surface area contributed by atoms with Gasteiger partial charge in [0.1, 0.15) is 17.2 Å². The Morgan fingerprint density at radius 1 is 1.22 bits per heavy atom. The lowest BCUT2D eigenvalue weighted by Crippen LogP contribution is -2.29. The molecule has 2 heterocycles. The number of imidazole rings is 1. The zero-order chi connectivity index (χ0) is 23.3. The van der Waals surface area contributed by atoms with Crippen molar-refractivity contribution < 1.29 is 24.1 Å². The number of aromatic nitrogens is 3. The van der Waals surface area contributed by atoms with Crippen molar-refractivity contribution in [3.05, 3.63) is 69.7 Å². The van der Waals surface area contributed by atoms with Gasteiger partial charge in [-0.15, -0.1) is 0 Å². The van der Waals surface area contributed by atoms with Crippen LogP contribution in [0.2, 0.25) is 0 Å². The summed E-state index contributed by atoms with van der Waals surface area (Å²) in [6.45, 7) is 2.13. The summed E-state index contributed by atoms with van der Waals surface area (Å²) in [4.78, 5) is 32.8. The highest BCUT2D eigenvalue weighted by Crippen LogP contribution is 2.38. The molecule has 0 bridgehead atoms. The van der Waals surface area contributed by atoms with Crippen molar-refractivity contribution >= 4 is 5.97 Å². The first-order valence-corrected chi connectivity index (χ1v) is 10.1. The molecule has 0 saturated heterocycles. The summed E-state index contributed by atoms with van der Waals surface area (Å²) >= 11 is 0. The highest BCUT2D eigenvalue weighted by Gasteiger charge is 2.29. The van der Waals surface area contributed by atoms with Crippen LogP contribution in [-0.4, -0.2) is 46.9 Å². The number of aryl methyl sites for hydroxylation is 2. The number of carbonyl (C=O) groups is 1. The molecule has 3 rings (SSSR count). The summed E-state index contributed by atoms with van der Waals surface area (Å²) < 4.78 is 17.2. The highest BCUT2D eigenvalue weighted by molar-refractivity contribution is 5.72. The topological polar surface area (TPSA) is 116 Å². The fourth-order valence-corrected chi connectivity index (χ4v) is 3.75. The summed E-state index contributed by atoms with van der Waals surface area (Å²) in [5.41, 5.74) is 1.78. The average molecular weight is 441 g/mol. The van der Waals surface area contributed by atoms with Gasteiger partial charge in [0.05, 0.1) is 39.6 Å². The number of H-pyrrole nitrogens is 1. The monoisotopic (exact) mass is 441 g/mol. The van der Waals surface area contributed by atoms with E-state index < -0.39 is 11.9 Å². The van der Waals surface area contributed by atoms with Crippen LogP contribution in [0.4, 0.5) is 0 Å². The molecular formula is C23H27N3O6. The number of nitrogens with one attached hydrogen (secondary N) is 1. The van der Waals surface area contributed by atoms with Crippen LogP contribution in [-0.2, 0) is 22.5 Å². The minimum absolute atomic E-state index is 0.106. The maximum absolute atomic E-state index is 13.5. The number of aromatic hydroxyl groups is 1. The van der Waals surface area contributed by atoms with Gasteiger partial charge in [-0.1, -0.05) is 6.07 Å². The Kier molecular flexibility index (Phi) is 7.19. The van der Waals surface area contributed by atoms with Gasteiger partial charge in [0, 0.05) is 48.1 Å². The van der Waals surface area contributed by atoms with Crippen LogP contribution in [0.15, 0.2) is 41.6 Å². The van der Waals surface area contributed by atoms with Crippen LogP contribution in [0.1, 0.15) is 34.9 Å². The molecule has 0 aliphatic rings. The molecule has 9 heteroatoms. The molecule has 2 aromatic heterocycles. The molecule has 0 saturated carbocycles. The van der Waals surface area contributed by atoms with E-state index in [1.165, 1.54) is 27.4 Å². The van der Waals surface area contributed by atoms with E-state index >= 15 is 0 Å². The Hall–Kier alpha value is -3.75. The van der Waals surface area contributed by atoms with Gasteiger partial charge in [-0.2, -0.15) is 0 Å². The van der Waals surface area contributed by atoms with Crippen molar-refractivity contribution in [3.63, 3.8) is 0 Å². The van der Waals surface area contributed by atoms with Crippen LogP contribution in [0.5, 0.6) is 17.2 Å². The van der Waals surface area contributed by atoms with E-state index in [-0.39, 0.29) is 23.3 Å². The molecule has 3 aromatic rings. The molecule has 0 spiro atoms. The molecule has 1 unspecified atom stereocenters. The second-order valence-corrected chi connectivity index (χ2v) is 7.31. The van der Waals surface area contributed by atoms with Gasteiger partial charge in [-0.05, 0) is 19.1 Å². The number of carbonyl (C=O) groups excluding carboxylic acids is 1. The van der Waals surface area contributed by atoms with Crippen molar-refractivity contribution in [2.45, 2.75) is 32.2 Å². The maximum Gasteiger partial charge on any atom is 0.306 e. The zero-order valence-corrected chi connectivity index (χ0v) is 18.5. The van der Waals surface area contributed by atoms with Gasteiger partial charge in [-0.3, -0.25) is 9.59 Å². The molecule has 0 radical (unpaired) electrons. The molecule has 32 heavy (non-hydrogen) atoms. The molecule has 0 aliphatic carbocycles. The van der Waals surface area contributed by atoms with Crippen LogP contribution in [0.25, 0.3) is 0 Å². The van der Waals surface area contributed by atoms with Crippen molar-refractivity contribution in [1.82, 2.24) is 14.5 Å². The van der Waals surface area contributed by atoms with Crippen LogP contribution in [0, 0.1) is 6.92 Å². The predicted octanol–water partition coefficient (Wildman–Crippen LogP) is 2.54. The van der Waals surface area contributed by atoms with Crippen LogP contribution in [0.3, 0.4) is 0 Å². The summed E-state index contributed by atoms with van der Waals surface area (Å²) in [5, 5.41) is 10.8. The quantitative estimate of drug-likeness (QED) is 0.490. The molecule has 0 aliphatic heterocycles. The van der Waals surface area contributed by atoms with Gasteiger partial charge >= 0.3 is 5.97 Å². The molecule has 170 valence electrons. The maximum atomic E-state index is 13.5. The number of hydrogen-bond acceptors (Lipinski definition) is 7. The average Bonchev–Trinajstić information content (AvgIpc) is 3.31. The fourth-order valence-electron chi connectivity index (χ4n) is 3.75. The normalized spacial score (nSPS) is 11.8. The Bertz CT molecular complexity index is 1140. The van der Waals surface area contributed by atoms with E-state index in [0.29, 0.717) is 35.7 Å². The SMILES string of the molecule is COC(=O)CC(c1ccc(OC)cc1OC)c1c(O)cc(C)n(CCc2cnc[nH]2)c1=O.